The van der Waals surface area contributed by atoms with Crippen LogP contribution in [0.2, 0.25) is 0 Å². The van der Waals surface area contributed by atoms with Crippen molar-refractivity contribution in [1.82, 2.24) is 10.6 Å². The van der Waals surface area contributed by atoms with Gasteiger partial charge in [-0.2, -0.15) is 0 Å². The molecule has 3 rings (SSSR count). The summed E-state index contributed by atoms with van der Waals surface area (Å²) in [6.45, 7) is 4.65. The molecule has 5 nitrogen and oxygen atoms in total. The maximum atomic E-state index is 14.5. The summed E-state index contributed by atoms with van der Waals surface area (Å²) < 4.78 is 14.5. The molecule has 1 saturated heterocycles. The fourth-order valence-electron chi connectivity index (χ4n) is 3.43. The Labute approximate surface area is 155 Å². The van der Waals surface area contributed by atoms with Crippen molar-refractivity contribution in [2.24, 2.45) is 4.99 Å². The van der Waals surface area contributed by atoms with Gasteiger partial charge in [0.1, 0.15) is 5.82 Å². The molecule has 3 N–H and O–H groups in total. The lowest BCUT2D eigenvalue weighted by atomic mass is 10.1. The molecule has 6 heteroatoms. The zero-order valence-corrected chi connectivity index (χ0v) is 15.4. The first kappa shape index (κ1) is 18.7. The van der Waals surface area contributed by atoms with E-state index in [1.165, 1.54) is 0 Å². The number of hydrogen-bond acceptors (Lipinski definition) is 3. The Morgan fingerprint density at radius 2 is 2.00 bits per heavy atom. The van der Waals surface area contributed by atoms with Crippen molar-refractivity contribution < 1.29 is 9.50 Å². The molecule has 1 aromatic rings. The molecular weight excluding hydrogens is 331 g/mol. The van der Waals surface area contributed by atoms with Crippen molar-refractivity contribution in [1.29, 1.82) is 0 Å². The average Bonchev–Trinajstić information content (AvgIpc) is 3.14. The van der Waals surface area contributed by atoms with E-state index in [0.29, 0.717) is 44.2 Å². The second-order valence-electron chi connectivity index (χ2n) is 6.98. The molecule has 1 fully saturated rings. The van der Waals surface area contributed by atoms with E-state index in [0.717, 1.165) is 30.9 Å². The monoisotopic (exact) mass is 360 g/mol. The summed E-state index contributed by atoms with van der Waals surface area (Å²) in [5.74, 6) is 0.558. The molecule has 1 heterocycles. The number of nitrogens with one attached hydrogen (secondary N) is 2. The predicted molar refractivity (Wildman–Crippen MR) is 104 cm³/mol. The fourth-order valence-corrected chi connectivity index (χ4v) is 3.43. The second kappa shape index (κ2) is 9.03. The number of anilines is 1. The van der Waals surface area contributed by atoms with Gasteiger partial charge in [0.25, 0.3) is 0 Å². The first-order valence-electron chi connectivity index (χ1n) is 9.57. The predicted octanol–water partition coefficient (Wildman–Crippen LogP) is 2.56. The van der Waals surface area contributed by atoms with Crippen molar-refractivity contribution in [2.45, 2.75) is 51.3 Å². The lowest BCUT2D eigenvalue weighted by Gasteiger charge is -2.31. The largest absolute Gasteiger partial charge is 0.393 e. The van der Waals surface area contributed by atoms with Crippen LogP contribution in [0.3, 0.4) is 0 Å². The summed E-state index contributed by atoms with van der Waals surface area (Å²) in [6.07, 6.45) is 7.51. The Hall–Kier alpha value is -2.08. The average molecular weight is 360 g/mol. The van der Waals surface area contributed by atoms with E-state index in [1.54, 1.807) is 6.07 Å². The highest BCUT2D eigenvalue weighted by Crippen LogP contribution is 2.24. The first-order valence-corrected chi connectivity index (χ1v) is 9.57. The number of aliphatic imine (C=N–C) groups is 1. The fraction of sp³-hybridized carbons (Fsp3) is 0.550. The van der Waals surface area contributed by atoms with Gasteiger partial charge in [-0.05, 0) is 50.3 Å². The highest BCUT2D eigenvalue weighted by Gasteiger charge is 2.19. The maximum Gasteiger partial charge on any atom is 0.191 e. The summed E-state index contributed by atoms with van der Waals surface area (Å²) in [7, 11) is 0. The van der Waals surface area contributed by atoms with E-state index in [4.69, 9.17) is 0 Å². The highest BCUT2D eigenvalue weighted by atomic mass is 19.1. The Morgan fingerprint density at radius 3 is 2.65 bits per heavy atom. The van der Waals surface area contributed by atoms with Crippen molar-refractivity contribution in [2.75, 3.05) is 24.5 Å². The lowest BCUT2D eigenvalue weighted by Crippen LogP contribution is -2.42. The molecule has 0 amide bonds. The topological polar surface area (TPSA) is 59.9 Å². The number of piperidine rings is 1. The number of aliphatic hydroxyl groups excluding tert-OH is 1. The molecule has 2 aliphatic rings. The molecule has 0 spiro atoms. The number of halogens is 1. The minimum Gasteiger partial charge on any atom is -0.393 e. The van der Waals surface area contributed by atoms with Crippen LogP contribution in [-0.4, -0.2) is 42.8 Å². The summed E-state index contributed by atoms with van der Waals surface area (Å²) >= 11 is 0. The van der Waals surface area contributed by atoms with Crippen LogP contribution in [0.25, 0.3) is 0 Å². The van der Waals surface area contributed by atoms with Gasteiger partial charge in [-0.15, -0.1) is 0 Å². The zero-order valence-electron chi connectivity index (χ0n) is 15.4. The molecular formula is C20H29FN4O. The highest BCUT2D eigenvalue weighted by molar-refractivity contribution is 5.80. The summed E-state index contributed by atoms with van der Waals surface area (Å²) in [5, 5.41) is 16.3. The quantitative estimate of drug-likeness (QED) is 0.429. The molecule has 0 atom stereocenters. The third-order valence-electron chi connectivity index (χ3n) is 4.93. The van der Waals surface area contributed by atoms with Gasteiger partial charge >= 0.3 is 0 Å². The van der Waals surface area contributed by atoms with Gasteiger partial charge in [0.15, 0.2) is 5.96 Å². The molecule has 1 aliphatic heterocycles. The Bertz CT molecular complexity index is 645. The zero-order chi connectivity index (χ0) is 18.4. The normalized spacial score (nSPS) is 19.2. The van der Waals surface area contributed by atoms with Gasteiger partial charge in [0, 0.05) is 25.7 Å². The summed E-state index contributed by atoms with van der Waals surface area (Å²) in [4.78, 5) is 6.60. The molecule has 0 radical (unpaired) electrons. The molecule has 1 aliphatic carbocycles. The van der Waals surface area contributed by atoms with Crippen molar-refractivity contribution in [3.63, 3.8) is 0 Å². The van der Waals surface area contributed by atoms with Crippen LogP contribution in [0.15, 0.2) is 35.3 Å². The standard InChI is InChI=1S/C20H29FN4O/c1-2-22-20(24-16-5-3-4-6-16)23-14-15-7-8-19(18(21)13-15)25-11-9-17(26)10-12-25/h3-4,7-8,13,16-17,26H,2,5-6,9-12,14H2,1H3,(H2,22,23,24). The lowest BCUT2D eigenvalue weighted by molar-refractivity contribution is 0.145. The van der Waals surface area contributed by atoms with Crippen LogP contribution in [0, 0.1) is 5.82 Å². The van der Waals surface area contributed by atoms with E-state index in [9.17, 15) is 9.50 Å². The number of benzene rings is 1. The molecule has 0 unspecified atom stereocenters. The van der Waals surface area contributed by atoms with E-state index >= 15 is 0 Å². The maximum absolute atomic E-state index is 14.5. The number of nitrogens with zero attached hydrogens (tertiary/aromatic N) is 2. The van der Waals surface area contributed by atoms with Gasteiger partial charge in [-0.3, -0.25) is 0 Å². The SMILES string of the molecule is CCNC(=NCc1ccc(N2CCC(O)CC2)c(F)c1)NC1CC=CC1. The number of aliphatic hydroxyl groups is 1. The van der Waals surface area contributed by atoms with Crippen LogP contribution < -0.4 is 15.5 Å². The van der Waals surface area contributed by atoms with Crippen LogP contribution in [0.5, 0.6) is 0 Å². The molecule has 142 valence electrons. The van der Waals surface area contributed by atoms with Crippen LogP contribution in [-0.2, 0) is 6.54 Å². The summed E-state index contributed by atoms with van der Waals surface area (Å²) in [5.41, 5.74) is 1.47. The van der Waals surface area contributed by atoms with Gasteiger partial charge in [0.2, 0.25) is 0 Å². The number of hydrogen-bond donors (Lipinski definition) is 3. The molecule has 0 bridgehead atoms. The minimum atomic E-state index is -0.255. The van der Waals surface area contributed by atoms with E-state index in [-0.39, 0.29) is 11.9 Å². The Balaban J connectivity index is 1.62. The molecule has 26 heavy (non-hydrogen) atoms. The van der Waals surface area contributed by atoms with E-state index < -0.39 is 0 Å². The second-order valence-corrected chi connectivity index (χ2v) is 6.98. The smallest absolute Gasteiger partial charge is 0.191 e. The third kappa shape index (κ3) is 4.97. The molecule has 1 aromatic carbocycles. The van der Waals surface area contributed by atoms with Crippen LogP contribution >= 0.6 is 0 Å². The molecule has 0 aromatic heterocycles. The van der Waals surface area contributed by atoms with E-state index in [1.807, 2.05) is 24.0 Å². The van der Waals surface area contributed by atoms with Gasteiger partial charge in [-0.25, -0.2) is 9.38 Å². The first-order chi connectivity index (χ1) is 12.7. The number of rotatable bonds is 5. The van der Waals surface area contributed by atoms with Crippen molar-refractivity contribution in [3.05, 3.63) is 41.7 Å². The van der Waals surface area contributed by atoms with Gasteiger partial charge < -0.3 is 20.6 Å². The summed E-state index contributed by atoms with van der Waals surface area (Å²) in [6, 6.07) is 5.73. The van der Waals surface area contributed by atoms with Gasteiger partial charge in [-0.1, -0.05) is 18.2 Å². The van der Waals surface area contributed by atoms with Crippen LogP contribution in [0.1, 0.15) is 38.2 Å². The van der Waals surface area contributed by atoms with Crippen LogP contribution in [0.4, 0.5) is 10.1 Å². The third-order valence-corrected chi connectivity index (χ3v) is 4.93. The van der Waals surface area contributed by atoms with E-state index in [2.05, 4.69) is 27.8 Å². The van der Waals surface area contributed by atoms with Crippen molar-refractivity contribution >= 4 is 11.6 Å². The minimum absolute atomic E-state index is 0.216. The Kier molecular flexibility index (Phi) is 6.50. The van der Waals surface area contributed by atoms with Crippen molar-refractivity contribution in [3.8, 4) is 0 Å². The number of guanidine groups is 1. The Morgan fingerprint density at radius 1 is 1.27 bits per heavy atom. The molecule has 0 saturated carbocycles. The van der Waals surface area contributed by atoms with Gasteiger partial charge in [0.05, 0.1) is 18.3 Å².